The second-order valence-corrected chi connectivity index (χ2v) is 4.04. The minimum atomic E-state index is -0.798. The van der Waals surface area contributed by atoms with E-state index in [1.165, 1.54) is 0 Å². The van der Waals surface area contributed by atoms with Gasteiger partial charge in [0.2, 0.25) is 0 Å². The number of pyridine rings is 1. The van der Waals surface area contributed by atoms with Gasteiger partial charge in [-0.25, -0.2) is 4.79 Å². The third-order valence-corrected chi connectivity index (χ3v) is 2.80. The van der Waals surface area contributed by atoms with Gasteiger partial charge in [0.25, 0.3) is 0 Å². The lowest BCUT2D eigenvalue weighted by Gasteiger charge is -2.30. The molecule has 1 unspecified atom stereocenters. The lowest BCUT2D eigenvalue weighted by atomic mass is 10.0. The fourth-order valence-electron chi connectivity index (χ4n) is 1.90. The van der Waals surface area contributed by atoms with E-state index in [2.05, 4.69) is 10.1 Å². The van der Waals surface area contributed by atoms with E-state index in [0.717, 1.165) is 18.4 Å². The van der Waals surface area contributed by atoms with Gasteiger partial charge in [0.05, 0.1) is 6.21 Å². The smallest absolute Gasteiger partial charge is 0.328 e. The van der Waals surface area contributed by atoms with Crippen LogP contribution in [0.5, 0.6) is 0 Å². The molecule has 1 atom stereocenters. The molecule has 1 aliphatic heterocycles. The lowest BCUT2D eigenvalue weighted by molar-refractivity contribution is -0.144. The van der Waals surface area contributed by atoms with Crippen molar-refractivity contribution >= 4 is 12.2 Å². The molecule has 0 spiro atoms. The van der Waals surface area contributed by atoms with Crippen LogP contribution in [0.15, 0.2) is 29.6 Å². The molecule has 5 nitrogen and oxygen atoms in total. The molecule has 1 aliphatic rings. The van der Waals surface area contributed by atoms with Gasteiger partial charge in [-0.2, -0.15) is 5.10 Å². The number of hydrogen-bond donors (Lipinski definition) is 1. The van der Waals surface area contributed by atoms with Gasteiger partial charge in [0.1, 0.15) is 6.04 Å². The third-order valence-electron chi connectivity index (χ3n) is 2.80. The Hall–Kier alpha value is -1.91. The summed E-state index contributed by atoms with van der Waals surface area (Å²) in [6.45, 7) is 0.702. The summed E-state index contributed by atoms with van der Waals surface area (Å²) >= 11 is 0. The number of hydrogen-bond acceptors (Lipinski definition) is 4. The van der Waals surface area contributed by atoms with Crippen molar-refractivity contribution in [2.75, 3.05) is 6.54 Å². The van der Waals surface area contributed by atoms with Crippen LogP contribution in [0, 0.1) is 0 Å². The first-order valence-corrected chi connectivity index (χ1v) is 5.71. The molecule has 90 valence electrons. The predicted molar refractivity (Wildman–Crippen MR) is 63.8 cm³/mol. The molecule has 1 saturated heterocycles. The van der Waals surface area contributed by atoms with Gasteiger partial charge in [-0.1, -0.05) is 6.07 Å². The Kier molecular flexibility index (Phi) is 3.69. The molecule has 1 N–H and O–H groups in total. The Bertz CT molecular complexity index is 405. The second kappa shape index (κ2) is 5.43. The van der Waals surface area contributed by atoms with Crippen molar-refractivity contribution in [2.24, 2.45) is 5.10 Å². The van der Waals surface area contributed by atoms with E-state index in [-0.39, 0.29) is 0 Å². The minimum absolute atomic E-state index is 0.489. The fraction of sp³-hybridized carbons (Fsp3) is 0.417. The van der Waals surface area contributed by atoms with Gasteiger partial charge in [-0.3, -0.25) is 9.99 Å². The van der Waals surface area contributed by atoms with Gasteiger partial charge in [0, 0.05) is 24.5 Å². The largest absolute Gasteiger partial charge is 0.480 e. The van der Waals surface area contributed by atoms with Crippen LogP contribution >= 0.6 is 0 Å². The van der Waals surface area contributed by atoms with Gasteiger partial charge in [-0.05, 0) is 25.3 Å². The van der Waals surface area contributed by atoms with Crippen molar-refractivity contribution in [2.45, 2.75) is 25.3 Å². The monoisotopic (exact) mass is 233 g/mol. The first kappa shape index (κ1) is 11.6. The van der Waals surface area contributed by atoms with Crippen LogP contribution in [0.3, 0.4) is 0 Å². The summed E-state index contributed by atoms with van der Waals surface area (Å²) in [6.07, 6.45) is 7.67. The zero-order chi connectivity index (χ0) is 12.1. The number of carboxylic acid groups (broad SMARTS) is 1. The summed E-state index contributed by atoms with van der Waals surface area (Å²) in [6, 6.07) is 3.22. The molecular formula is C12H15N3O2. The lowest BCUT2D eigenvalue weighted by Crippen LogP contribution is -2.41. The molecule has 0 aliphatic carbocycles. The van der Waals surface area contributed by atoms with E-state index in [0.29, 0.717) is 13.0 Å². The zero-order valence-electron chi connectivity index (χ0n) is 9.49. The van der Waals surface area contributed by atoms with Crippen LogP contribution in [0.25, 0.3) is 0 Å². The van der Waals surface area contributed by atoms with Gasteiger partial charge in [0.15, 0.2) is 0 Å². The van der Waals surface area contributed by atoms with Crippen molar-refractivity contribution in [3.05, 3.63) is 30.1 Å². The summed E-state index contributed by atoms with van der Waals surface area (Å²) in [5.74, 6) is -0.798. The Morgan fingerprint density at radius 1 is 1.59 bits per heavy atom. The van der Waals surface area contributed by atoms with Gasteiger partial charge >= 0.3 is 5.97 Å². The van der Waals surface area contributed by atoms with E-state index in [4.69, 9.17) is 5.11 Å². The highest BCUT2D eigenvalue weighted by atomic mass is 16.4. The Morgan fingerprint density at radius 3 is 3.18 bits per heavy atom. The number of aromatic nitrogens is 1. The molecule has 2 heterocycles. The van der Waals surface area contributed by atoms with E-state index in [1.54, 1.807) is 23.6 Å². The maximum atomic E-state index is 11.0. The average molecular weight is 233 g/mol. The zero-order valence-corrected chi connectivity index (χ0v) is 9.49. The Labute approximate surface area is 99.8 Å². The number of hydrazone groups is 1. The molecule has 0 radical (unpaired) electrons. The number of carbonyl (C=O) groups is 1. The molecule has 0 aromatic carbocycles. The first-order chi connectivity index (χ1) is 8.27. The Balaban J connectivity index is 2.06. The normalized spacial score (nSPS) is 20.7. The van der Waals surface area contributed by atoms with Crippen molar-refractivity contribution in [3.8, 4) is 0 Å². The first-order valence-electron chi connectivity index (χ1n) is 5.71. The molecule has 1 aromatic heterocycles. The minimum Gasteiger partial charge on any atom is -0.480 e. The molecular weight excluding hydrogens is 218 g/mol. The highest BCUT2D eigenvalue weighted by Crippen LogP contribution is 2.17. The number of carboxylic acids is 1. The van der Waals surface area contributed by atoms with Crippen LogP contribution < -0.4 is 0 Å². The van der Waals surface area contributed by atoms with Crippen LogP contribution in [0.1, 0.15) is 24.8 Å². The predicted octanol–water partition coefficient (Wildman–Crippen LogP) is 1.35. The average Bonchev–Trinajstić information content (AvgIpc) is 2.38. The van der Waals surface area contributed by atoms with Gasteiger partial charge < -0.3 is 5.11 Å². The molecule has 2 rings (SSSR count). The summed E-state index contributed by atoms with van der Waals surface area (Å²) in [7, 11) is 0. The number of rotatable bonds is 3. The highest BCUT2D eigenvalue weighted by Gasteiger charge is 2.26. The molecule has 1 fully saturated rings. The number of aliphatic carboxylic acids is 1. The number of nitrogens with zero attached hydrogens (tertiary/aromatic N) is 3. The topological polar surface area (TPSA) is 65.8 Å². The maximum Gasteiger partial charge on any atom is 0.328 e. The van der Waals surface area contributed by atoms with Crippen LogP contribution in [0.4, 0.5) is 0 Å². The molecule has 1 aromatic rings. The van der Waals surface area contributed by atoms with Crippen molar-refractivity contribution < 1.29 is 9.90 Å². The van der Waals surface area contributed by atoms with Crippen molar-refractivity contribution in [1.29, 1.82) is 0 Å². The fourth-order valence-corrected chi connectivity index (χ4v) is 1.90. The van der Waals surface area contributed by atoms with Crippen molar-refractivity contribution in [3.63, 3.8) is 0 Å². The highest BCUT2D eigenvalue weighted by molar-refractivity contribution is 5.79. The molecule has 17 heavy (non-hydrogen) atoms. The standard InChI is InChI=1S/C12H15N3O2/c16-12(17)11-5-1-2-7-15(11)14-9-10-4-3-6-13-8-10/h3-4,6,8-9,11H,1-2,5,7H2,(H,16,17)/b14-9+. The quantitative estimate of drug-likeness (QED) is 0.800. The molecule has 0 bridgehead atoms. The summed E-state index contributed by atoms with van der Waals surface area (Å²) in [4.78, 5) is 15.0. The van der Waals surface area contributed by atoms with Crippen LogP contribution in [-0.2, 0) is 4.79 Å². The van der Waals surface area contributed by atoms with Crippen LogP contribution in [-0.4, -0.2) is 39.9 Å². The maximum absolute atomic E-state index is 11.0. The number of piperidine rings is 1. The third kappa shape index (κ3) is 3.03. The summed E-state index contributed by atoms with van der Waals surface area (Å²) in [5.41, 5.74) is 0.877. The van der Waals surface area contributed by atoms with Gasteiger partial charge in [-0.15, -0.1) is 0 Å². The van der Waals surface area contributed by atoms with Crippen molar-refractivity contribution in [1.82, 2.24) is 9.99 Å². The van der Waals surface area contributed by atoms with Crippen LogP contribution in [0.2, 0.25) is 0 Å². The summed E-state index contributed by atoms with van der Waals surface area (Å²) in [5, 5.41) is 15.0. The van der Waals surface area contributed by atoms with E-state index >= 15 is 0 Å². The second-order valence-electron chi connectivity index (χ2n) is 4.04. The Morgan fingerprint density at radius 2 is 2.47 bits per heavy atom. The molecule has 0 amide bonds. The SMILES string of the molecule is O=C(O)C1CCCCN1/N=C/c1cccnc1. The molecule has 5 heteroatoms. The summed E-state index contributed by atoms with van der Waals surface area (Å²) < 4.78 is 0. The molecule has 0 saturated carbocycles. The van der Waals surface area contributed by atoms with E-state index in [9.17, 15) is 4.79 Å². The van der Waals surface area contributed by atoms with E-state index in [1.807, 2.05) is 12.1 Å². The van der Waals surface area contributed by atoms with E-state index < -0.39 is 12.0 Å².